The molecule has 1 saturated heterocycles. The lowest BCUT2D eigenvalue weighted by molar-refractivity contribution is -0.119. The number of hydrogen-bond donors (Lipinski definition) is 1. The molecule has 3 nitrogen and oxygen atoms in total. The summed E-state index contributed by atoms with van der Waals surface area (Å²) in [6.45, 7) is 6.70. The fourth-order valence-corrected chi connectivity index (χ4v) is 2.11. The lowest BCUT2D eigenvalue weighted by atomic mass is 9.95. The molecule has 0 N–H and O–H groups in total. The molecule has 4 heteroatoms. The van der Waals surface area contributed by atoms with Crippen LogP contribution in [-0.4, -0.2) is 30.2 Å². The van der Waals surface area contributed by atoms with Crippen molar-refractivity contribution in [1.29, 1.82) is 0 Å². The summed E-state index contributed by atoms with van der Waals surface area (Å²) in [7, 11) is 0. The van der Waals surface area contributed by atoms with Crippen molar-refractivity contribution in [1.82, 2.24) is 4.90 Å². The maximum atomic E-state index is 11.0. The summed E-state index contributed by atoms with van der Waals surface area (Å²) in [4.78, 5) is 24.2. The number of amides is 1. The smallest absolute Gasteiger partial charge is 0.209 e. The maximum Gasteiger partial charge on any atom is 0.209 e. The van der Waals surface area contributed by atoms with E-state index in [0.29, 0.717) is 11.5 Å². The average Bonchev–Trinajstić information content (AvgIpc) is 2.28. The lowest BCUT2D eigenvalue weighted by Crippen LogP contribution is -2.32. The zero-order valence-corrected chi connectivity index (χ0v) is 10.4. The SMILES string of the molecule is C=C(/C=C(\S)C1CCN(C=O)CC1)C(C)=O. The molecule has 1 aliphatic rings. The minimum atomic E-state index is -0.0307. The quantitative estimate of drug-likeness (QED) is 0.352. The minimum absolute atomic E-state index is 0.0307. The van der Waals surface area contributed by atoms with Crippen LogP contribution in [0.25, 0.3) is 0 Å². The van der Waals surface area contributed by atoms with Gasteiger partial charge in [0.25, 0.3) is 0 Å². The van der Waals surface area contributed by atoms with Gasteiger partial charge in [0.15, 0.2) is 5.78 Å². The second kappa shape index (κ2) is 5.89. The topological polar surface area (TPSA) is 37.4 Å². The summed E-state index contributed by atoms with van der Waals surface area (Å²) in [6, 6.07) is 0. The van der Waals surface area contributed by atoms with Gasteiger partial charge in [-0.15, -0.1) is 12.6 Å². The Bertz CT molecular complexity index is 328. The predicted octanol–water partition coefficient (Wildman–Crippen LogP) is 1.81. The third-order valence-corrected chi connectivity index (χ3v) is 3.37. The Morgan fingerprint density at radius 2 is 2.00 bits per heavy atom. The molecule has 0 bridgehead atoms. The van der Waals surface area contributed by atoms with Crippen LogP contribution in [0.3, 0.4) is 0 Å². The normalized spacial score (nSPS) is 18.4. The van der Waals surface area contributed by atoms with E-state index in [1.165, 1.54) is 6.92 Å². The molecule has 1 aliphatic heterocycles. The number of likely N-dealkylation sites (tertiary alicyclic amines) is 1. The Kier molecular flexibility index (Phi) is 4.80. The highest BCUT2D eigenvalue weighted by atomic mass is 32.1. The van der Waals surface area contributed by atoms with Crippen molar-refractivity contribution in [2.24, 2.45) is 5.92 Å². The van der Waals surface area contributed by atoms with Crippen molar-refractivity contribution in [3.63, 3.8) is 0 Å². The van der Waals surface area contributed by atoms with Crippen LogP contribution in [0, 0.1) is 5.92 Å². The van der Waals surface area contributed by atoms with Gasteiger partial charge in [-0.3, -0.25) is 9.59 Å². The number of hydrogen-bond acceptors (Lipinski definition) is 3. The summed E-state index contributed by atoms with van der Waals surface area (Å²) in [6.07, 6.45) is 4.43. The van der Waals surface area contributed by atoms with Crippen LogP contribution in [-0.2, 0) is 9.59 Å². The number of piperidine rings is 1. The van der Waals surface area contributed by atoms with Crippen LogP contribution in [0.15, 0.2) is 23.1 Å². The van der Waals surface area contributed by atoms with Crippen molar-refractivity contribution < 1.29 is 9.59 Å². The van der Waals surface area contributed by atoms with Crippen LogP contribution in [0.4, 0.5) is 0 Å². The molecule has 0 radical (unpaired) electrons. The molecule has 1 fully saturated rings. The second-order valence-corrected chi connectivity index (χ2v) is 4.58. The van der Waals surface area contributed by atoms with Crippen LogP contribution in [0.5, 0.6) is 0 Å². The molecule has 1 amide bonds. The molecule has 0 aromatic rings. The number of thiol groups is 1. The highest BCUT2D eigenvalue weighted by Crippen LogP contribution is 2.27. The molecular weight excluding hydrogens is 222 g/mol. The van der Waals surface area contributed by atoms with Gasteiger partial charge in [0.2, 0.25) is 6.41 Å². The Balaban J connectivity index is 2.56. The highest BCUT2D eigenvalue weighted by Gasteiger charge is 2.19. The standard InChI is InChI=1S/C12H17NO2S/c1-9(10(2)15)7-12(16)11-3-5-13(8-14)6-4-11/h7-8,11,16H,1,3-6H2,2H3/b12-7-. The number of nitrogens with zero attached hydrogens (tertiary/aromatic N) is 1. The third-order valence-electron chi connectivity index (χ3n) is 2.87. The lowest BCUT2D eigenvalue weighted by Gasteiger charge is -2.29. The Hall–Kier alpha value is -1.03. The van der Waals surface area contributed by atoms with Crippen LogP contribution in [0.2, 0.25) is 0 Å². The molecule has 0 aliphatic carbocycles. The molecule has 1 rings (SSSR count). The Morgan fingerprint density at radius 1 is 1.44 bits per heavy atom. The van der Waals surface area contributed by atoms with Crippen molar-refractivity contribution >= 4 is 24.8 Å². The first kappa shape index (κ1) is 13.0. The van der Waals surface area contributed by atoms with Crippen molar-refractivity contribution in [3.8, 4) is 0 Å². The van der Waals surface area contributed by atoms with Crippen LogP contribution < -0.4 is 0 Å². The largest absolute Gasteiger partial charge is 0.345 e. The average molecular weight is 239 g/mol. The number of carbonyl (C=O) groups excluding carboxylic acids is 2. The molecule has 1 heterocycles. The first-order valence-electron chi connectivity index (χ1n) is 5.34. The summed E-state index contributed by atoms with van der Waals surface area (Å²) in [5.74, 6) is 0.313. The number of allylic oxidation sites excluding steroid dienone is 3. The molecule has 16 heavy (non-hydrogen) atoms. The number of carbonyl (C=O) groups is 2. The summed E-state index contributed by atoms with van der Waals surface area (Å²) >= 11 is 4.41. The van der Waals surface area contributed by atoms with E-state index in [9.17, 15) is 9.59 Å². The zero-order chi connectivity index (χ0) is 12.1. The van der Waals surface area contributed by atoms with E-state index in [1.807, 2.05) is 0 Å². The van der Waals surface area contributed by atoms with Crippen LogP contribution >= 0.6 is 12.6 Å². The van der Waals surface area contributed by atoms with E-state index < -0.39 is 0 Å². The van der Waals surface area contributed by atoms with E-state index in [4.69, 9.17) is 0 Å². The van der Waals surface area contributed by atoms with Gasteiger partial charge < -0.3 is 4.90 Å². The first-order valence-corrected chi connectivity index (χ1v) is 5.79. The van der Waals surface area contributed by atoms with Gasteiger partial charge >= 0.3 is 0 Å². The van der Waals surface area contributed by atoms with Crippen molar-refractivity contribution in [3.05, 3.63) is 23.1 Å². The van der Waals surface area contributed by atoms with Crippen LogP contribution in [0.1, 0.15) is 19.8 Å². The molecule has 0 spiro atoms. The summed E-state index contributed by atoms with van der Waals surface area (Å²) in [5, 5.41) is 0. The fourth-order valence-electron chi connectivity index (χ4n) is 1.70. The van der Waals surface area contributed by atoms with Gasteiger partial charge in [0, 0.05) is 18.7 Å². The van der Waals surface area contributed by atoms with E-state index in [0.717, 1.165) is 37.2 Å². The third kappa shape index (κ3) is 3.52. The molecule has 0 saturated carbocycles. The monoisotopic (exact) mass is 239 g/mol. The van der Waals surface area contributed by atoms with Gasteiger partial charge in [-0.05, 0) is 36.7 Å². The van der Waals surface area contributed by atoms with Crippen molar-refractivity contribution in [2.75, 3.05) is 13.1 Å². The molecule has 88 valence electrons. The van der Waals surface area contributed by atoms with E-state index >= 15 is 0 Å². The fraction of sp³-hybridized carbons (Fsp3) is 0.500. The number of ketones is 1. The predicted molar refractivity (Wildman–Crippen MR) is 67.3 cm³/mol. The summed E-state index contributed by atoms with van der Waals surface area (Å²) < 4.78 is 0. The summed E-state index contributed by atoms with van der Waals surface area (Å²) in [5.41, 5.74) is 0.489. The van der Waals surface area contributed by atoms with E-state index in [2.05, 4.69) is 19.2 Å². The van der Waals surface area contributed by atoms with Crippen molar-refractivity contribution in [2.45, 2.75) is 19.8 Å². The van der Waals surface area contributed by atoms with Gasteiger partial charge in [0.05, 0.1) is 0 Å². The van der Waals surface area contributed by atoms with Gasteiger partial charge in [0.1, 0.15) is 0 Å². The molecule has 0 atom stereocenters. The van der Waals surface area contributed by atoms with Gasteiger partial charge in [-0.1, -0.05) is 6.58 Å². The first-order chi connectivity index (χ1) is 7.54. The molecular formula is C12H17NO2S. The highest BCUT2D eigenvalue weighted by molar-refractivity contribution is 7.84. The Labute approximate surface area is 102 Å². The zero-order valence-electron chi connectivity index (χ0n) is 9.48. The molecule has 0 unspecified atom stereocenters. The molecule has 0 aromatic carbocycles. The van der Waals surface area contributed by atoms with E-state index in [1.54, 1.807) is 11.0 Å². The number of Topliss-reactive ketones (excluding diaryl/α,β-unsaturated/α-hetero) is 1. The molecule has 0 aromatic heterocycles. The van der Waals surface area contributed by atoms with Gasteiger partial charge in [-0.2, -0.15) is 0 Å². The maximum absolute atomic E-state index is 11.0. The van der Waals surface area contributed by atoms with E-state index in [-0.39, 0.29) is 5.78 Å². The van der Waals surface area contributed by atoms with Gasteiger partial charge in [-0.25, -0.2) is 0 Å². The minimum Gasteiger partial charge on any atom is -0.345 e. The number of rotatable bonds is 4. The second-order valence-electron chi connectivity index (χ2n) is 4.07. The Morgan fingerprint density at radius 3 is 2.44 bits per heavy atom.